The summed E-state index contributed by atoms with van der Waals surface area (Å²) in [5, 5.41) is 14.7. The molecule has 3 N–H and O–H groups in total. The molecule has 0 aliphatic carbocycles. The van der Waals surface area contributed by atoms with Gasteiger partial charge in [-0.15, -0.1) is 0 Å². The van der Waals surface area contributed by atoms with Crippen LogP contribution >= 0.6 is 23.8 Å². The number of hydrogen-bond donors (Lipinski definition) is 3. The summed E-state index contributed by atoms with van der Waals surface area (Å²) in [6.07, 6.45) is 0.306. The van der Waals surface area contributed by atoms with Crippen molar-refractivity contribution < 1.29 is 19.1 Å². The molecule has 0 aliphatic heterocycles. The quantitative estimate of drug-likeness (QED) is 0.729. The van der Waals surface area contributed by atoms with Crippen molar-refractivity contribution in [3.63, 3.8) is 0 Å². The summed E-state index contributed by atoms with van der Waals surface area (Å²) < 4.78 is 5.24. The smallest absolute Gasteiger partial charge is 0.371 e. The van der Waals surface area contributed by atoms with Crippen molar-refractivity contribution >= 4 is 46.5 Å². The summed E-state index contributed by atoms with van der Waals surface area (Å²) in [6.45, 7) is 1.71. The Balaban J connectivity index is 2.22. The average Bonchev–Trinajstić information content (AvgIpc) is 2.99. The lowest BCUT2D eigenvalue weighted by atomic mass is 10.1. The van der Waals surface area contributed by atoms with E-state index in [-0.39, 0.29) is 16.8 Å². The van der Waals surface area contributed by atoms with E-state index < -0.39 is 5.97 Å². The third kappa shape index (κ3) is 4.30. The van der Waals surface area contributed by atoms with Crippen LogP contribution in [0.1, 0.15) is 23.9 Å². The second kappa shape index (κ2) is 7.26. The molecule has 1 aromatic carbocycles. The van der Waals surface area contributed by atoms with Crippen molar-refractivity contribution in [2.24, 2.45) is 0 Å². The summed E-state index contributed by atoms with van der Waals surface area (Å²) >= 11 is 11.1. The maximum atomic E-state index is 11.3. The molecule has 0 saturated carbocycles. The monoisotopic (exact) mass is 352 g/mol. The lowest BCUT2D eigenvalue weighted by molar-refractivity contribution is -0.119. The van der Waals surface area contributed by atoms with E-state index in [1.54, 1.807) is 31.2 Å². The van der Waals surface area contributed by atoms with Crippen LogP contribution in [-0.2, 0) is 4.79 Å². The zero-order valence-corrected chi connectivity index (χ0v) is 13.6. The fourth-order valence-corrected chi connectivity index (χ4v) is 2.14. The Kier molecular flexibility index (Phi) is 5.36. The van der Waals surface area contributed by atoms with Gasteiger partial charge in [0.15, 0.2) is 5.11 Å². The summed E-state index contributed by atoms with van der Waals surface area (Å²) in [5.41, 5.74) is 1.09. The number of thiocarbonyl (C=S) groups is 1. The Morgan fingerprint density at radius 3 is 2.65 bits per heavy atom. The number of carboxylic acids is 1. The molecule has 120 valence electrons. The summed E-state index contributed by atoms with van der Waals surface area (Å²) in [5.74, 6) is -1.14. The van der Waals surface area contributed by atoms with Gasteiger partial charge in [0, 0.05) is 12.0 Å². The van der Waals surface area contributed by atoms with Gasteiger partial charge in [0.25, 0.3) is 0 Å². The molecule has 0 spiro atoms. The maximum absolute atomic E-state index is 11.3. The highest BCUT2D eigenvalue weighted by molar-refractivity contribution is 7.80. The van der Waals surface area contributed by atoms with Crippen LogP contribution in [0.25, 0.3) is 11.3 Å². The molecule has 0 radical (unpaired) electrons. The Hall–Kier alpha value is -2.38. The van der Waals surface area contributed by atoms with E-state index in [4.69, 9.17) is 33.3 Å². The number of benzene rings is 1. The first kappa shape index (κ1) is 17.0. The van der Waals surface area contributed by atoms with E-state index in [1.807, 2.05) is 0 Å². The van der Waals surface area contributed by atoms with Crippen molar-refractivity contribution in [2.75, 3.05) is 5.32 Å². The first-order valence-electron chi connectivity index (χ1n) is 6.64. The predicted molar refractivity (Wildman–Crippen MR) is 90.8 cm³/mol. The first-order chi connectivity index (χ1) is 10.9. The number of carboxylic acid groups (broad SMARTS) is 1. The van der Waals surface area contributed by atoms with Crippen molar-refractivity contribution in [3.05, 3.63) is 41.1 Å². The van der Waals surface area contributed by atoms with Gasteiger partial charge < -0.3 is 20.2 Å². The molecule has 0 atom stereocenters. The number of carbonyl (C=O) groups is 2. The van der Waals surface area contributed by atoms with Gasteiger partial charge >= 0.3 is 5.97 Å². The van der Waals surface area contributed by atoms with Crippen molar-refractivity contribution in [2.45, 2.75) is 13.3 Å². The second-order valence-electron chi connectivity index (χ2n) is 4.52. The van der Waals surface area contributed by atoms with Crippen LogP contribution in [0.2, 0.25) is 5.02 Å². The van der Waals surface area contributed by atoms with Crippen LogP contribution in [0.15, 0.2) is 34.7 Å². The Morgan fingerprint density at radius 1 is 1.30 bits per heavy atom. The van der Waals surface area contributed by atoms with Crippen LogP contribution < -0.4 is 10.6 Å². The Bertz CT molecular complexity index is 773. The standard InChI is InChI=1S/C15H13ClN2O4S/c1-2-13(19)18-15(23)17-10-7-8(3-4-9(10)16)11-5-6-12(22-11)14(20)21/h3-7H,2H2,1H3,(H,20,21)(H2,17,18,19,23). The van der Waals surface area contributed by atoms with Gasteiger partial charge in [-0.2, -0.15) is 0 Å². The fraction of sp³-hybridized carbons (Fsp3) is 0.133. The fourth-order valence-electron chi connectivity index (χ4n) is 1.75. The lowest BCUT2D eigenvalue weighted by Gasteiger charge is -2.11. The first-order valence-corrected chi connectivity index (χ1v) is 7.43. The molecule has 0 aliphatic rings. The van der Waals surface area contributed by atoms with Gasteiger partial charge in [-0.25, -0.2) is 4.79 Å². The highest BCUT2D eigenvalue weighted by atomic mass is 35.5. The highest BCUT2D eigenvalue weighted by Crippen LogP contribution is 2.30. The number of anilines is 1. The molecular weight excluding hydrogens is 340 g/mol. The molecule has 2 aromatic rings. The third-order valence-corrected chi connectivity index (χ3v) is 3.42. The average molecular weight is 353 g/mol. The molecule has 23 heavy (non-hydrogen) atoms. The minimum Gasteiger partial charge on any atom is -0.475 e. The van der Waals surface area contributed by atoms with Crippen molar-refractivity contribution in [3.8, 4) is 11.3 Å². The van der Waals surface area contributed by atoms with Gasteiger partial charge in [0.05, 0.1) is 10.7 Å². The molecule has 0 fully saturated rings. The molecule has 1 heterocycles. The van der Waals surface area contributed by atoms with Crippen LogP contribution in [0.3, 0.4) is 0 Å². The van der Waals surface area contributed by atoms with E-state index >= 15 is 0 Å². The molecule has 2 rings (SSSR count). The van der Waals surface area contributed by atoms with E-state index in [0.29, 0.717) is 28.5 Å². The highest BCUT2D eigenvalue weighted by Gasteiger charge is 2.12. The summed E-state index contributed by atoms with van der Waals surface area (Å²) in [4.78, 5) is 22.2. The van der Waals surface area contributed by atoms with Crippen LogP contribution in [0, 0.1) is 0 Å². The summed E-state index contributed by atoms with van der Waals surface area (Å²) in [7, 11) is 0. The molecule has 8 heteroatoms. The second-order valence-corrected chi connectivity index (χ2v) is 5.33. The van der Waals surface area contributed by atoms with Gasteiger partial charge in [0.1, 0.15) is 5.76 Å². The lowest BCUT2D eigenvalue weighted by Crippen LogP contribution is -2.33. The van der Waals surface area contributed by atoms with Gasteiger partial charge in [-0.1, -0.05) is 18.5 Å². The molecule has 0 bridgehead atoms. The zero-order valence-electron chi connectivity index (χ0n) is 12.1. The number of rotatable bonds is 4. The minimum atomic E-state index is -1.15. The number of furan rings is 1. The number of amides is 1. The van der Waals surface area contributed by atoms with Crippen LogP contribution in [-0.4, -0.2) is 22.1 Å². The summed E-state index contributed by atoms with van der Waals surface area (Å²) in [6, 6.07) is 7.87. The molecule has 0 saturated heterocycles. The van der Waals surface area contributed by atoms with E-state index in [0.717, 1.165) is 0 Å². The van der Waals surface area contributed by atoms with E-state index in [2.05, 4.69) is 10.6 Å². The molecule has 6 nitrogen and oxygen atoms in total. The predicted octanol–water partition coefficient (Wildman–Crippen LogP) is 3.52. The SMILES string of the molecule is CCC(=O)NC(=S)Nc1cc(-c2ccc(C(=O)O)o2)ccc1Cl. The number of hydrogen-bond acceptors (Lipinski definition) is 4. The largest absolute Gasteiger partial charge is 0.475 e. The third-order valence-electron chi connectivity index (χ3n) is 2.89. The van der Waals surface area contributed by atoms with Gasteiger partial charge in [0.2, 0.25) is 11.7 Å². The molecule has 0 unspecified atom stereocenters. The zero-order chi connectivity index (χ0) is 17.0. The topological polar surface area (TPSA) is 91.6 Å². The molecule has 1 aromatic heterocycles. The number of nitrogens with one attached hydrogen (secondary N) is 2. The maximum Gasteiger partial charge on any atom is 0.371 e. The Morgan fingerprint density at radius 2 is 2.04 bits per heavy atom. The minimum absolute atomic E-state index is 0.126. The molecular formula is C15H13ClN2O4S. The number of halogens is 1. The van der Waals surface area contributed by atoms with E-state index in [1.165, 1.54) is 6.07 Å². The normalized spacial score (nSPS) is 10.2. The van der Waals surface area contributed by atoms with Gasteiger partial charge in [-0.3, -0.25) is 4.79 Å². The Labute approximate surface area is 142 Å². The van der Waals surface area contributed by atoms with Crippen LogP contribution in [0.4, 0.5) is 5.69 Å². The number of aromatic carboxylic acids is 1. The van der Waals surface area contributed by atoms with E-state index in [9.17, 15) is 9.59 Å². The number of carbonyl (C=O) groups excluding carboxylic acids is 1. The molecule has 1 amide bonds. The van der Waals surface area contributed by atoms with Crippen molar-refractivity contribution in [1.29, 1.82) is 0 Å². The van der Waals surface area contributed by atoms with Crippen LogP contribution in [0.5, 0.6) is 0 Å². The van der Waals surface area contributed by atoms with Gasteiger partial charge in [-0.05, 0) is 42.5 Å². The van der Waals surface area contributed by atoms with Crippen molar-refractivity contribution in [1.82, 2.24) is 5.32 Å².